The van der Waals surface area contributed by atoms with Crippen LogP contribution in [0.2, 0.25) is 0 Å². The minimum atomic E-state index is -0.227. The molecule has 1 aliphatic rings. The highest BCUT2D eigenvalue weighted by molar-refractivity contribution is 5.79. The maximum absolute atomic E-state index is 13.3. The lowest BCUT2D eigenvalue weighted by Crippen LogP contribution is -2.46. The van der Waals surface area contributed by atoms with E-state index in [0.29, 0.717) is 26.3 Å². The molecule has 1 aromatic rings. The second kappa shape index (κ2) is 11.1. The van der Waals surface area contributed by atoms with Crippen molar-refractivity contribution in [2.24, 2.45) is 10.9 Å². The van der Waals surface area contributed by atoms with E-state index in [4.69, 9.17) is 4.74 Å². The highest BCUT2D eigenvalue weighted by atomic mass is 19.1. The first-order chi connectivity index (χ1) is 12.6. The number of guanidine groups is 1. The van der Waals surface area contributed by atoms with Crippen LogP contribution in [-0.4, -0.2) is 68.5 Å². The maximum atomic E-state index is 13.3. The van der Waals surface area contributed by atoms with Gasteiger partial charge in [-0.05, 0) is 30.5 Å². The molecule has 2 rings (SSSR count). The van der Waals surface area contributed by atoms with E-state index in [2.05, 4.69) is 20.5 Å². The zero-order valence-corrected chi connectivity index (χ0v) is 15.7. The van der Waals surface area contributed by atoms with E-state index in [0.717, 1.165) is 31.2 Å². The second-order valence-electron chi connectivity index (χ2n) is 6.60. The van der Waals surface area contributed by atoms with E-state index >= 15 is 0 Å². The molecule has 1 aliphatic heterocycles. The monoisotopic (exact) mass is 366 g/mol. The Bertz CT molecular complexity index is 547. The lowest BCUT2D eigenvalue weighted by atomic mass is 10.0. The SMILES string of the molecule is CCNC(=NCC(C)CO)NCC(c1ccc(F)cc1)N1CCOCC1. The zero-order valence-electron chi connectivity index (χ0n) is 15.7. The summed E-state index contributed by atoms with van der Waals surface area (Å²) < 4.78 is 18.8. The van der Waals surface area contributed by atoms with Crippen LogP contribution in [0.3, 0.4) is 0 Å². The van der Waals surface area contributed by atoms with Crippen molar-refractivity contribution in [1.29, 1.82) is 0 Å². The van der Waals surface area contributed by atoms with Crippen molar-refractivity contribution >= 4 is 5.96 Å². The molecule has 3 N–H and O–H groups in total. The largest absolute Gasteiger partial charge is 0.396 e. The van der Waals surface area contributed by atoms with Gasteiger partial charge in [0.2, 0.25) is 0 Å². The Hall–Kier alpha value is -1.70. The van der Waals surface area contributed by atoms with Crippen LogP contribution in [-0.2, 0) is 4.74 Å². The first-order valence-electron chi connectivity index (χ1n) is 9.34. The van der Waals surface area contributed by atoms with Gasteiger partial charge in [-0.15, -0.1) is 0 Å². The third kappa shape index (κ3) is 6.55. The number of aliphatic imine (C=N–C) groups is 1. The number of hydrogen-bond donors (Lipinski definition) is 3. The summed E-state index contributed by atoms with van der Waals surface area (Å²) in [6.07, 6.45) is 0. The molecule has 26 heavy (non-hydrogen) atoms. The summed E-state index contributed by atoms with van der Waals surface area (Å²) in [5, 5.41) is 15.8. The Morgan fingerprint density at radius 1 is 1.27 bits per heavy atom. The highest BCUT2D eigenvalue weighted by Gasteiger charge is 2.23. The average Bonchev–Trinajstić information content (AvgIpc) is 2.68. The molecule has 6 nitrogen and oxygen atoms in total. The quantitative estimate of drug-likeness (QED) is 0.479. The molecule has 1 heterocycles. The Morgan fingerprint density at radius 2 is 1.96 bits per heavy atom. The Labute approximate surface area is 155 Å². The smallest absolute Gasteiger partial charge is 0.191 e. The molecular formula is C19H31FN4O2. The minimum Gasteiger partial charge on any atom is -0.396 e. The van der Waals surface area contributed by atoms with Crippen LogP contribution in [0, 0.1) is 11.7 Å². The van der Waals surface area contributed by atoms with Crippen molar-refractivity contribution in [3.05, 3.63) is 35.6 Å². The van der Waals surface area contributed by atoms with Crippen LogP contribution >= 0.6 is 0 Å². The van der Waals surface area contributed by atoms with Crippen LogP contribution in [0.1, 0.15) is 25.5 Å². The summed E-state index contributed by atoms with van der Waals surface area (Å²) in [6.45, 7) is 9.19. The van der Waals surface area contributed by atoms with E-state index in [1.807, 2.05) is 26.0 Å². The molecule has 2 unspecified atom stereocenters. The Kier molecular flexibility index (Phi) is 8.80. The van der Waals surface area contributed by atoms with E-state index in [1.165, 1.54) is 12.1 Å². The van der Waals surface area contributed by atoms with Gasteiger partial charge in [-0.1, -0.05) is 19.1 Å². The van der Waals surface area contributed by atoms with E-state index in [-0.39, 0.29) is 24.4 Å². The van der Waals surface area contributed by atoms with Crippen LogP contribution in [0.4, 0.5) is 4.39 Å². The van der Waals surface area contributed by atoms with E-state index in [9.17, 15) is 9.50 Å². The number of aliphatic hydroxyl groups excluding tert-OH is 1. The number of halogens is 1. The van der Waals surface area contributed by atoms with Gasteiger partial charge in [-0.25, -0.2) is 4.39 Å². The summed E-state index contributed by atoms with van der Waals surface area (Å²) in [4.78, 5) is 6.89. The van der Waals surface area contributed by atoms with Crippen molar-refractivity contribution < 1.29 is 14.2 Å². The van der Waals surface area contributed by atoms with Crippen molar-refractivity contribution in [2.75, 3.05) is 52.5 Å². The molecule has 0 aromatic heterocycles. The van der Waals surface area contributed by atoms with Gasteiger partial charge in [-0.2, -0.15) is 0 Å². The molecule has 0 spiro atoms. The van der Waals surface area contributed by atoms with Gasteiger partial charge in [0.1, 0.15) is 5.82 Å². The fraction of sp³-hybridized carbons (Fsp3) is 0.632. The van der Waals surface area contributed by atoms with Gasteiger partial charge in [0.25, 0.3) is 0 Å². The van der Waals surface area contributed by atoms with Gasteiger partial charge in [0.15, 0.2) is 5.96 Å². The van der Waals surface area contributed by atoms with Crippen molar-refractivity contribution in [3.63, 3.8) is 0 Å². The predicted molar refractivity (Wildman–Crippen MR) is 102 cm³/mol. The summed E-state index contributed by atoms with van der Waals surface area (Å²) in [5.74, 6) is 0.626. The summed E-state index contributed by atoms with van der Waals surface area (Å²) in [5.41, 5.74) is 1.07. The molecule has 7 heteroatoms. The third-order valence-corrected chi connectivity index (χ3v) is 4.42. The van der Waals surface area contributed by atoms with Crippen molar-refractivity contribution in [3.8, 4) is 0 Å². The Balaban J connectivity index is 2.07. The summed E-state index contributed by atoms with van der Waals surface area (Å²) in [6, 6.07) is 6.80. The topological polar surface area (TPSA) is 69.1 Å². The fourth-order valence-corrected chi connectivity index (χ4v) is 2.87. The first kappa shape index (κ1) is 20.6. The van der Waals surface area contributed by atoms with Crippen LogP contribution in [0.15, 0.2) is 29.3 Å². The molecule has 0 bridgehead atoms. The predicted octanol–water partition coefficient (Wildman–Crippen LogP) is 1.38. The van der Waals surface area contributed by atoms with Crippen LogP contribution < -0.4 is 10.6 Å². The molecule has 1 saturated heterocycles. The van der Waals surface area contributed by atoms with Gasteiger partial charge in [0, 0.05) is 39.3 Å². The lowest BCUT2D eigenvalue weighted by Gasteiger charge is -2.35. The van der Waals surface area contributed by atoms with Crippen LogP contribution in [0.25, 0.3) is 0 Å². The normalized spacial score (nSPS) is 18.4. The number of hydrogen-bond acceptors (Lipinski definition) is 4. The molecular weight excluding hydrogens is 335 g/mol. The van der Waals surface area contributed by atoms with E-state index in [1.54, 1.807) is 0 Å². The molecule has 0 amide bonds. The first-order valence-corrected chi connectivity index (χ1v) is 9.34. The van der Waals surface area contributed by atoms with Gasteiger partial charge in [-0.3, -0.25) is 9.89 Å². The zero-order chi connectivity index (χ0) is 18.8. The number of rotatable bonds is 8. The van der Waals surface area contributed by atoms with Gasteiger partial charge in [0.05, 0.1) is 19.3 Å². The minimum absolute atomic E-state index is 0.110. The number of benzene rings is 1. The summed E-state index contributed by atoms with van der Waals surface area (Å²) in [7, 11) is 0. The second-order valence-corrected chi connectivity index (χ2v) is 6.60. The molecule has 0 aliphatic carbocycles. The number of nitrogens with zero attached hydrogens (tertiary/aromatic N) is 2. The lowest BCUT2D eigenvalue weighted by molar-refractivity contribution is 0.0170. The van der Waals surface area contributed by atoms with Crippen molar-refractivity contribution in [2.45, 2.75) is 19.9 Å². The standard InChI is InChI=1S/C19H31FN4O2/c1-3-21-19(22-12-15(2)14-25)23-13-18(24-8-10-26-11-9-24)16-4-6-17(20)7-5-16/h4-7,15,18,25H,3,8-14H2,1-2H3,(H2,21,22,23). The Morgan fingerprint density at radius 3 is 2.58 bits per heavy atom. The number of ether oxygens (including phenoxy) is 1. The molecule has 0 radical (unpaired) electrons. The van der Waals surface area contributed by atoms with Gasteiger partial charge >= 0.3 is 0 Å². The maximum Gasteiger partial charge on any atom is 0.191 e. The summed E-state index contributed by atoms with van der Waals surface area (Å²) >= 11 is 0. The fourth-order valence-electron chi connectivity index (χ4n) is 2.87. The highest BCUT2D eigenvalue weighted by Crippen LogP contribution is 2.21. The number of nitrogens with one attached hydrogen (secondary N) is 2. The van der Waals surface area contributed by atoms with Crippen molar-refractivity contribution in [1.82, 2.24) is 15.5 Å². The number of morpholine rings is 1. The molecule has 146 valence electrons. The molecule has 2 atom stereocenters. The average molecular weight is 366 g/mol. The van der Waals surface area contributed by atoms with Crippen LogP contribution in [0.5, 0.6) is 0 Å². The number of aliphatic hydroxyl groups is 1. The molecule has 0 saturated carbocycles. The van der Waals surface area contributed by atoms with Gasteiger partial charge < -0.3 is 20.5 Å². The third-order valence-electron chi connectivity index (χ3n) is 4.42. The van der Waals surface area contributed by atoms with E-state index < -0.39 is 0 Å². The molecule has 1 aromatic carbocycles. The molecule has 1 fully saturated rings.